The van der Waals surface area contributed by atoms with Crippen LogP contribution in [0.15, 0.2) is 79.0 Å². The summed E-state index contributed by atoms with van der Waals surface area (Å²) in [6.45, 7) is 0. The largest absolute Gasteiger partial charge is 0.378 e. The SMILES string of the molecule is CN(C)c1ccc(C(c2ccc(N(C)C)cc2)c2c[nH]c3ccccc23)cc1. The molecule has 1 aromatic heterocycles. The minimum atomic E-state index is 0.184. The Bertz CT molecular complexity index is 1010. The van der Waals surface area contributed by atoms with E-state index in [-0.39, 0.29) is 5.92 Å². The van der Waals surface area contributed by atoms with Crippen LogP contribution in [0.4, 0.5) is 11.4 Å². The summed E-state index contributed by atoms with van der Waals surface area (Å²) >= 11 is 0. The monoisotopic (exact) mass is 369 g/mol. The highest BCUT2D eigenvalue weighted by Gasteiger charge is 2.20. The van der Waals surface area contributed by atoms with Gasteiger partial charge in [0.1, 0.15) is 0 Å². The molecule has 0 atom stereocenters. The fourth-order valence-electron chi connectivity index (χ4n) is 3.81. The number of nitrogens with one attached hydrogen (secondary N) is 1. The second-order valence-corrected chi connectivity index (χ2v) is 7.69. The normalized spacial score (nSPS) is 11.2. The lowest BCUT2D eigenvalue weighted by molar-refractivity contribution is 0.983. The van der Waals surface area contributed by atoms with E-state index in [1.807, 2.05) is 0 Å². The number of aromatic nitrogens is 1. The molecule has 0 saturated carbocycles. The summed E-state index contributed by atoms with van der Waals surface area (Å²) in [6.07, 6.45) is 2.16. The molecule has 0 aliphatic carbocycles. The molecule has 0 aliphatic heterocycles. The standard InChI is InChI=1S/C25H27N3/c1-27(2)20-13-9-18(10-14-20)25(19-11-15-21(16-12-19)28(3)4)23-17-26-24-8-6-5-7-22(23)24/h5-17,25-26H,1-4H3. The molecule has 142 valence electrons. The van der Waals surface area contributed by atoms with Crippen LogP contribution in [0, 0.1) is 0 Å². The molecule has 0 saturated heterocycles. The quantitative estimate of drug-likeness (QED) is 0.503. The summed E-state index contributed by atoms with van der Waals surface area (Å²) in [7, 11) is 8.30. The molecule has 3 aromatic carbocycles. The Morgan fingerprint density at radius 1 is 0.643 bits per heavy atom. The lowest BCUT2D eigenvalue weighted by atomic mass is 9.85. The predicted molar refractivity (Wildman–Crippen MR) is 121 cm³/mol. The molecular formula is C25H27N3. The molecule has 1 N–H and O–H groups in total. The van der Waals surface area contributed by atoms with E-state index in [0.29, 0.717) is 0 Å². The van der Waals surface area contributed by atoms with Gasteiger partial charge >= 0.3 is 0 Å². The molecule has 0 radical (unpaired) electrons. The van der Waals surface area contributed by atoms with Gasteiger partial charge < -0.3 is 14.8 Å². The number of para-hydroxylation sites is 1. The molecule has 0 unspecified atom stereocenters. The Labute approximate surface area is 167 Å². The number of hydrogen-bond acceptors (Lipinski definition) is 2. The van der Waals surface area contributed by atoms with Crippen LogP contribution < -0.4 is 9.80 Å². The zero-order valence-electron chi connectivity index (χ0n) is 17.0. The van der Waals surface area contributed by atoms with E-state index in [2.05, 4.69) is 122 Å². The maximum atomic E-state index is 3.45. The van der Waals surface area contributed by atoms with E-state index >= 15 is 0 Å². The third kappa shape index (κ3) is 3.36. The second-order valence-electron chi connectivity index (χ2n) is 7.69. The number of benzene rings is 3. The fraction of sp³-hybridized carbons (Fsp3) is 0.200. The maximum Gasteiger partial charge on any atom is 0.0457 e. The summed E-state index contributed by atoms with van der Waals surface area (Å²) in [6, 6.07) is 26.3. The van der Waals surface area contributed by atoms with Gasteiger partial charge in [-0.3, -0.25) is 0 Å². The van der Waals surface area contributed by atoms with Crippen molar-refractivity contribution in [2.45, 2.75) is 5.92 Å². The molecule has 0 fully saturated rings. The first kappa shape index (κ1) is 18.2. The number of nitrogens with zero attached hydrogens (tertiary/aromatic N) is 2. The first-order valence-corrected chi connectivity index (χ1v) is 9.65. The Hall–Kier alpha value is -3.20. The molecule has 0 spiro atoms. The molecule has 3 heteroatoms. The number of fused-ring (bicyclic) bond motifs is 1. The lowest BCUT2D eigenvalue weighted by Gasteiger charge is -2.21. The molecule has 3 nitrogen and oxygen atoms in total. The number of anilines is 2. The van der Waals surface area contributed by atoms with Crippen molar-refractivity contribution in [2.75, 3.05) is 38.0 Å². The molecule has 4 rings (SSSR count). The third-order valence-corrected chi connectivity index (χ3v) is 5.42. The topological polar surface area (TPSA) is 22.3 Å². The fourth-order valence-corrected chi connectivity index (χ4v) is 3.81. The average molecular weight is 370 g/mol. The lowest BCUT2D eigenvalue weighted by Crippen LogP contribution is -2.10. The molecule has 1 heterocycles. The van der Waals surface area contributed by atoms with Crippen molar-refractivity contribution in [3.63, 3.8) is 0 Å². The molecular weight excluding hydrogens is 342 g/mol. The maximum absolute atomic E-state index is 3.45. The van der Waals surface area contributed by atoms with Gasteiger partial charge in [0, 0.05) is 62.6 Å². The second kappa shape index (κ2) is 7.43. The van der Waals surface area contributed by atoms with Gasteiger partial charge in [0.25, 0.3) is 0 Å². The van der Waals surface area contributed by atoms with Crippen molar-refractivity contribution in [3.8, 4) is 0 Å². The van der Waals surface area contributed by atoms with Gasteiger partial charge in [0.2, 0.25) is 0 Å². The van der Waals surface area contributed by atoms with Gasteiger partial charge in [0.15, 0.2) is 0 Å². The number of aromatic amines is 1. The van der Waals surface area contributed by atoms with Crippen LogP contribution >= 0.6 is 0 Å². The predicted octanol–water partition coefficient (Wildman–Crippen LogP) is 5.48. The van der Waals surface area contributed by atoms with Gasteiger partial charge in [-0.15, -0.1) is 0 Å². The van der Waals surface area contributed by atoms with Crippen molar-refractivity contribution in [2.24, 2.45) is 0 Å². The van der Waals surface area contributed by atoms with Gasteiger partial charge in [-0.1, -0.05) is 42.5 Å². The molecule has 0 bridgehead atoms. The van der Waals surface area contributed by atoms with E-state index in [1.165, 1.54) is 39.0 Å². The van der Waals surface area contributed by atoms with Crippen LogP contribution in [-0.2, 0) is 0 Å². The molecule has 28 heavy (non-hydrogen) atoms. The van der Waals surface area contributed by atoms with E-state index in [0.717, 1.165) is 0 Å². The smallest absolute Gasteiger partial charge is 0.0457 e. The van der Waals surface area contributed by atoms with Gasteiger partial charge in [-0.25, -0.2) is 0 Å². The van der Waals surface area contributed by atoms with Crippen molar-refractivity contribution in [3.05, 3.63) is 95.7 Å². The summed E-state index contributed by atoms with van der Waals surface area (Å²) in [5.41, 5.74) is 7.51. The van der Waals surface area contributed by atoms with Crippen molar-refractivity contribution < 1.29 is 0 Å². The van der Waals surface area contributed by atoms with Crippen LogP contribution in [0.25, 0.3) is 10.9 Å². The average Bonchev–Trinajstić information content (AvgIpc) is 3.13. The van der Waals surface area contributed by atoms with E-state index in [1.54, 1.807) is 0 Å². The molecule has 0 amide bonds. The first-order valence-electron chi connectivity index (χ1n) is 9.65. The Kier molecular flexibility index (Phi) is 4.82. The van der Waals surface area contributed by atoms with Crippen LogP contribution in [0.3, 0.4) is 0 Å². The zero-order valence-corrected chi connectivity index (χ0v) is 17.0. The van der Waals surface area contributed by atoms with Crippen LogP contribution in [0.2, 0.25) is 0 Å². The van der Waals surface area contributed by atoms with E-state index in [4.69, 9.17) is 0 Å². The summed E-state index contributed by atoms with van der Waals surface area (Å²) in [5, 5.41) is 1.28. The molecule has 0 aliphatic rings. The summed E-state index contributed by atoms with van der Waals surface area (Å²) in [4.78, 5) is 7.72. The van der Waals surface area contributed by atoms with Gasteiger partial charge in [-0.05, 0) is 47.0 Å². The highest BCUT2D eigenvalue weighted by atomic mass is 15.1. The van der Waals surface area contributed by atoms with Gasteiger partial charge in [-0.2, -0.15) is 0 Å². The van der Waals surface area contributed by atoms with Crippen LogP contribution in [-0.4, -0.2) is 33.2 Å². The zero-order chi connectivity index (χ0) is 19.7. The summed E-state index contributed by atoms with van der Waals surface area (Å²) < 4.78 is 0. The van der Waals surface area contributed by atoms with E-state index < -0.39 is 0 Å². The number of hydrogen-bond donors (Lipinski definition) is 1. The highest BCUT2D eigenvalue weighted by Crippen LogP contribution is 2.37. The first-order chi connectivity index (χ1) is 13.5. The summed E-state index contributed by atoms with van der Waals surface area (Å²) in [5.74, 6) is 0.184. The highest BCUT2D eigenvalue weighted by molar-refractivity contribution is 5.85. The van der Waals surface area contributed by atoms with Crippen LogP contribution in [0.5, 0.6) is 0 Å². The van der Waals surface area contributed by atoms with Crippen molar-refractivity contribution >= 4 is 22.3 Å². The number of H-pyrrole nitrogens is 1. The number of rotatable bonds is 5. The minimum Gasteiger partial charge on any atom is -0.378 e. The van der Waals surface area contributed by atoms with Gasteiger partial charge in [0.05, 0.1) is 0 Å². The molecule has 4 aromatic rings. The Morgan fingerprint density at radius 3 is 1.64 bits per heavy atom. The van der Waals surface area contributed by atoms with Crippen molar-refractivity contribution in [1.82, 2.24) is 4.98 Å². The van der Waals surface area contributed by atoms with Crippen LogP contribution in [0.1, 0.15) is 22.6 Å². The third-order valence-electron chi connectivity index (χ3n) is 5.42. The Morgan fingerprint density at radius 2 is 1.14 bits per heavy atom. The Balaban J connectivity index is 1.85. The van der Waals surface area contributed by atoms with E-state index in [9.17, 15) is 0 Å². The minimum absolute atomic E-state index is 0.184. The van der Waals surface area contributed by atoms with Crippen molar-refractivity contribution in [1.29, 1.82) is 0 Å².